The summed E-state index contributed by atoms with van der Waals surface area (Å²) in [6, 6.07) is 20.9. The molecule has 2 aromatic heterocycles. The van der Waals surface area contributed by atoms with Crippen molar-refractivity contribution in [3.05, 3.63) is 78.0 Å². The molecule has 10 heteroatoms. The molecule has 180 valence electrons. The van der Waals surface area contributed by atoms with Gasteiger partial charge in [0.25, 0.3) is 0 Å². The summed E-state index contributed by atoms with van der Waals surface area (Å²) >= 11 is 0. The molecule has 1 unspecified atom stereocenters. The molecular formula is C26H21N5O5. The quantitative estimate of drug-likeness (QED) is 0.293. The Labute approximate surface area is 205 Å². The molecule has 0 fully saturated rings. The van der Waals surface area contributed by atoms with Gasteiger partial charge in [-0.2, -0.15) is 4.98 Å². The summed E-state index contributed by atoms with van der Waals surface area (Å²) < 4.78 is 15.7. The molecular weight excluding hydrogens is 462 g/mol. The van der Waals surface area contributed by atoms with Gasteiger partial charge in [-0.25, -0.2) is 4.79 Å². The molecule has 2 N–H and O–H groups in total. The smallest absolute Gasteiger partial charge is 0.412 e. The number of hydrogen-bond acceptors (Lipinski definition) is 8. The van der Waals surface area contributed by atoms with E-state index in [0.29, 0.717) is 23.0 Å². The van der Waals surface area contributed by atoms with E-state index in [9.17, 15) is 9.59 Å². The predicted octanol–water partition coefficient (Wildman–Crippen LogP) is 5.43. The zero-order valence-electron chi connectivity index (χ0n) is 19.4. The molecule has 10 nitrogen and oxygen atoms in total. The lowest BCUT2D eigenvalue weighted by atomic mass is 10.0. The second-order valence-corrected chi connectivity index (χ2v) is 8.01. The maximum Gasteiger partial charge on any atom is 0.412 e. The van der Waals surface area contributed by atoms with Crippen molar-refractivity contribution in [2.75, 3.05) is 5.32 Å². The second kappa shape index (κ2) is 9.71. The summed E-state index contributed by atoms with van der Waals surface area (Å²) in [7, 11) is 0. The number of carbonyl (C=O) groups excluding carboxylic acids is 2. The van der Waals surface area contributed by atoms with Gasteiger partial charge in [-0.15, -0.1) is 5.10 Å². The van der Waals surface area contributed by atoms with Crippen molar-refractivity contribution in [2.45, 2.75) is 20.0 Å². The minimum absolute atomic E-state index is 0.0483. The van der Waals surface area contributed by atoms with Gasteiger partial charge in [-0.1, -0.05) is 59.8 Å². The average Bonchev–Trinajstić information content (AvgIpc) is 3.51. The van der Waals surface area contributed by atoms with E-state index in [1.807, 2.05) is 73.7 Å². The number of H-pyrrole nitrogens is 1. The molecule has 0 saturated heterocycles. The summed E-state index contributed by atoms with van der Waals surface area (Å²) in [5.74, 6) is 0.895. The number of fused-ring (bicyclic) bond motifs is 1. The molecule has 1 amide bonds. The number of aryl methyl sites for hydroxylation is 1. The molecule has 0 aliphatic heterocycles. The van der Waals surface area contributed by atoms with Crippen LogP contribution in [0.4, 0.5) is 10.5 Å². The Morgan fingerprint density at radius 3 is 2.53 bits per heavy atom. The number of nitrogens with zero attached hydrogens (tertiary/aromatic N) is 3. The molecule has 0 bridgehead atoms. The van der Waals surface area contributed by atoms with Crippen LogP contribution in [-0.4, -0.2) is 32.9 Å². The maximum absolute atomic E-state index is 12.6. The fourth-order valence-electron chi connectivity index (χ4n) is 3.80. The lowest BCUT2D eigenvalue weighted by Crippen LogP contribution is -2.16. The molecule has 5 aromatic rings. The summed E-state index contributed by atoms with van der Waals surface area (Å²) in [6.07, 6.45) is -1.02. The third-order valence-electron chi connectivity index (χ3n) is 5.64. The predicted molar refractivity (Wildman–Crippen MR) is 131 cm³/mol. The number of amides is 1. The topological polar surface area (TPSA) is 132 Å². The molecule has 0 spiro atoms. The van der Waals surface area contributed by atoms with E-state index in [4.69, 9.17) is 9.26 Å². The van der Waals surface area contributed by atoms with E-state index >= 15 is 0 Å². The number of aromatic nitrogens is 4. The Kier molecular flexibility index (Phi) is 6.14. The second-order valence-electron chi connectivity index (χ2n) is 8.01. The highest BCUT2D eigenvalue weighted by Gasteiger charge is 2.20. The minimum Gasteiger partial charge on any atom is -0.441 e. The van der Waals surface area contributed by atoms with Crippen molar-refractivity contribution >= 4 is 29.0 Å². The normalized spacial score (nSPS) is 11.7. The number of anilines is 1. The lowest BCUT2D eigenvalue weighted by molar-refractivity contribution is -0.121. The van der Waals surface area contributed by atoms with Crippen LogP contribution in [0.1, 0.15) is 24.3 Å². The van der Waals surface area contributed by atoms with Gasteiger partial charge in [0.15, 0.2) is 11.6 Å². The van der Waals surface area contributed by atoms with Gasteiger partial charge in [-0.05, 0) is 42.3 Å². The highest BCUT2D eigenvalue weighted by molar-refractivity contribution is 5.94. The van der Waals surface area contributed by atoms with Gasteiger partial charge >= 0.3 is 18.6 Å². The van der Waals surface area contributed by atoms with Crippen molar-refractivity contribution in [1.82, 2.24) is 20.3 Å². The zero-order valence-corrected chi connectivity index (χ0v) is 19.4. The number of hydrogen-bond donors (Lipinski definition) is 2. The molecule has 1 atom stereocenters. The highest BCUT2D eigenvalue weighted by Crippen LogP contribution is 2.34. The first-order chi connectivity index (χ1) is 17.5. The SMILES string of the molecule is Cc1noc(-c2ccc3cc(-c4nc(OC=O)n[nH]4)ccc3c2)c1NC(=O)OC(C)c1ccccc1. The number of nitrogens with one attached hydrogen (secondary N) is 2. The lowest BCUT2D eigenvalue weighted by Gasteiger charge is -2.14. The van der Waals surface area contributed by atoms with Crippen LogP contribution in [0.5, 0.6) is 6.01 Å². The first-order valence-electron chi connectivity index (χ1n) is 11.1. The van der Waals surface area contributed by atoms with Gasteiger partial charge < -0.3 is 14.0 Å². The number of benzene rings is 3. The summed E-state index contributed by atoms with van der Waals surface area (Å²) in [5.41, 5.74) is 3.38. The molecule has 2 heterocycles. The van der Waals surface area contributed by atoms with E-state index in [2.05, 4.69) is 30.4 Å². The Morgan fingerprint density at radius 1 is 1.06 bits per heavy atom. The molecule has 0 saturated carbocycles. The van der Waals surface area contributed by atoms with Gasteiger partial charge in [0.05, 0.1) is 0 Å². The van der Waals surface area contributed by atoms with Crippen molar-refractivity contribution < 1.29 is 23.6 Å². The standard InChI is InChI=1S/C26H21N5O5/c1-15-22(27-26(33)35-16(2)17-6-4-3-5-7-17)23(36-31-15)20-10-8-19-13-21(11-9-18(19)12-20)24-28-25(30-29-24)34-14-32/h3-14,16H,1-2H3,(H,27,33)(H,28,29,30). The van der Waals surface area contributed by atoms with Crippen molar-refractivity contribution in [3.63, 3.8) is 0 Å². The van der Waals surface area contributed by atoms with Gasteiger partial charge in [-0.3, -0.25) is 15.2 Å². The first-order valence-corrected chi connectivity index (χ1v) is 11.1. The van der Waals surface area contributed by atoms with Crippen LogP contribution in [0.3, 0.4) is 0 Å². The van der Waals surface area contributed by atoms with Crippen LogP contribution in [0, 0.1) is 6.92 Å². The molecule has 0 aliphatic carbocycles. The Hall–Kier alpha value is -4.99. The van der Waals surface area contributed by atoms with Crippen LogP contribution in [0.2, 0.25) is 0 Å². The third kappa shape index (κ3) is 4.64. The van der Waals surface area contributed by atoms with E-state index < -0.39 is 12.2 Å². The summed E-state index contributed by atoms with van der Waals surface area (Å²) in [4.78, 5) is 27.2. The van der Waals surface area contributed by atoms with E-state index in [1.54, 1.807) is 6.92 Å². The maximum atomic E-state index is 12.6. The average molecular weight is 483 g/mol. The van der Waals surface area contributed by atoms with E-state index in [0.717, 1.165) is 27.5 Å². The van der Waals surface area contributed by atoms with Crippen molar-refractivity contribution in [2.24, 2.45) is 0 Å². The van der Waals surface area contributed by atoms with Crippen LogP contribution in [-0.2, 0) is 9.53 Å². The van der Waals surface area contributed by atoms with Crippen LogP contribution < -0.4 is 10.1 Å². The highest BCUT2D eigenvalue weighted by atomic mass is 16.6. The van der Waals surface area contributed by atoms with Crippen LogP contribution in [0.15, 0.2) is 71.3 Å². The minimum atomic E-state index is -0.602. The van der Waals surface area contributed by atoms with E-state index in [1.165, 1.54) is 0 Å². The number of rotatable bonds is 7. The fraction of sp³-hybridized carbons (Fsp3) is 0.115. The van der Waals surface area contributed by atoms with Crippen LogP contribution >= 0.6 is 0 Å². The monoisotopic (exact) mass is 483 g/mol. The van der Waals surface area contributed by atoms with Gasteiger partial charge in [0.1, 0.15) is 17.5 Å². The summed E-state index contributed by atoms with van der Waals surface area (Å²) in [6.45, 7) is 3.83. The van der Waals surface area contributed by atoms with Crippen molar-refractivity contribution in [3.8, 4) is 28.7 Å². The van der Waals surface area contributed by atoms with Crippen molar-refractivity contribution in [1.29, 1.82) is 0 Å². The molecule has 0 aliphatic rings. The molecule has 3 aromatic carbocycles. The zero-order chi connectivity index (χ0) is 25.1. The Morgan fingerprint density at radius 2 is 1.78 bits per heavy atom. The molecule has 36 heavy (non-hydrogen) atoms. The fourth-order valence-corrected chi connectivity index (χ4v) is 3.80. The Bertz CT molecular complexity index is 1540. The number of ether oxygens (including phenoxy) is 2. The molecule has 0 radical (unpaired) electrons. The summed E-state index contributed by atoms with van der Waals surface area (Å²) in [5, 5.41) is 15.3. The van der Waals surface area contributed by atoms with E-state index in [-0.39, 0.29) is 12.5 Å². The van der Waals surface area contributed by atoms with Crippen LogP contribution in [0.25, 0.3) is 33.5 Å². The van der Waals surface area contributed by atoms with Gasteiger partial charge in [0, 0.05) is 11.1 Å². The third-order valence-corrected chi connectivity index (χ3v) is 5.64. The van der Waals surface area contributed by atoms with Gasteiger partial charge in [0.2, 0.25) is 0 Å². The number of carbonyl (C=O) groups is 2. The molecule has 5 rings (SSSR count). The Balaban J connectivity index is 1.37. The largest absolute Gasteiger partial charge is 0.441 e. The number of aromatic amines is 1. The first kappa shape index (κ1) is 22.8.